The Kier molecular flexibility index (Phi) is 6.05. The Morgan fingerprint density at radius 1 is 1.27 bits per heavy atom. The summed E-state index contributed by atoms with van der Waals surface area (Å²) in [5.74, 6) is 0.926. The highest BCUT2D eigenvalue weighted by Crippen LogP contribution is 2.30. The highest BCUT2D eigenvalue weighted by Gasteiger charge is 2.31. The van der Waals surface area contributed by atoms with E-state index in [-0.39, 0.29) is 18.0 Å². The number of nitrogens with one attached hydrogen (secondary N) is 1. The van der Waals surface area contributed by atoms with Gasteiger partial charge < -0.3 is 24.1 Å². The number of ether oxygens (including phenoxy) is 2. The van der Waals surface area contributed by atoms with Crippen LogP contribution < -0.4 is 10.1 Å². The normalized spacial score (nSPS) is 16.3. The third-order valence-corrected chi connectivity index (χ3v) is 5.39. The van der Waals surface area contributed by atoms with Crippen molar-refractivity contribution in [2.24, 2.45) is 7.05 Å². The van der Waals surface area contributed by atoms with Crippen molar-refractivity contribution in [2.45, 2.75) is 52.4 Å². The molecule has 1 aliphatic rings. The second kappa shape index (κ2) is 8.80. The zero-order valence-electron chi connectivity index (χ0n) is 19.7. The maximum atomic E-state index is 13.1. The van der Waals surface area contributed by atoms with Gasteiger partial charge in [-0.05, 0) is 58.4 Å². The summed E-state index contributed by atoms with van der Waals surface area (Å²) in [7, 11) is 1.85. The molecule has 9 heteroatoms. The minimum Gasteiger partial charge on any atom is -0.487 e. The predicted molar refractivity (Wildman–Crippen MR) is 122 cm³/mol. The molecule has 1 saturated heterocycles. The zero-order chi connectivity index (χ0) is 23.8. The Bertz CT molecular complexity index is 1170. The highest BCUT2D eigenvalue weighted by molar-refractivity contribution is 6.07. The van der Waals surface area contributed by atoms with Crippen LogP contribution in [0.4, 0.5) is 4.79 Å². The largest absolute Gasteiger partial charge is 0.487 e. The number of fused-ring (bicyclic) bond motifs is 1. The second-order valence-corrected chi connectivity index (χ2v) is 9.35. The van der Waals surface area contributed by atoms with E-state index in [1.165, 1.54) is 0 Å². The van der Waals surface area contributed by atoms with Crippen LogP contribution in [0.25, 0.3) is 11.0 Å². The van der Waals surface area contributed by atoms with E-state index in [9.17, 15) is 9.59 Å². The lowest BCUT2D eigenvalue weighted by Gasteiger charge is -2.24. The number of aromatic nitrogens is 2. The molecule has 0 saturated carbocycles. The van der Waals surface area contributed by atoms with E-state index >= 15 is 0 Å². The number of rotatable bonds is 5. The first-order valence-electron chi connectivity index (χ1n) is 11.0. The number of carbonyl (C=O) groups is 2. The summed E-state index contributed by atoms with van der Waals surface area (Å²) in [4.78, 5) is 27.1. The van der Waals surface area contributed by atoms with Crippen molar-refractivity contribution >= 4 is 23.0 Å². The molecule has 1 unspecified atom stereocenters. The van der Waals surface area contributed by atoms with Gasteiger partial charge in [-0.25, -0.2) is 4.79 Å². The van der Waals surface area contributed by atoms with E-state index < -0.39 is 5.60 Å². The van der Waals surface area contributed by atoms with E-state index in [4.69, 9.17) is 13.9 Å². The molecule has 0 radical (unpaired) electrons. The van der Waals surface area contributed by atoms with E-state index in [0.717, 1.165) is 5.69 Å². The summed E-state index contributed by atoms with van der Waals surface area (Å²) in [5.41, 5.74) is 1.35. The van der Waals surface area contributed by atoms with Gasteiger partial charge in [0.2, 0.25) is 0 Å². The molecule has 9 nitrogen and oxygen atoms in total. The van der Waals surface area contributed by atoms with Crippen LogP contribution in [0.2, 0.25) is 0 Å². The number of carbonyl (C=O) groups excluding carboxylic acids is 2. The SMILES string of the molecule is Cc1oc2ccc(OCc3ccn(C)n3)cc2c1C(=O)NC1CCN(C(=O)OC(C)(C)C)C1. The summed E-state index contributed by atoms with van der Waals surface area (Å²) in [5, 5.41) is 8.03. The van der Waals surface area contributed by atoms with E-state index in [0.29, 0.717) is 54.2 Å². The molecule has 1 aromatic carbocycles. The quantitative estimate of drug-likeness (QED) is 0.630. The van der Waals surface area contributed by atoms with Gasteiger partial charge in [-0.2, -0.15) is 5.10 Å². The number of benzene rings is 1. The molecule has 4 rings (SSSR count). The van der Waals surface area contributed by atoms with Crippen LogP contribution in [0.3, 0.4) is 0 Å². The van der Waals surface area contributed by atoms with Crippen LogP contribution in [0, 0.1) is 6.92 Å². The molecule has 1 aliphatic heterocycles. The van der Waals surface area contributed by atoms with Crippen molar-refractivity contribution in [1.29, 1.82) is 0 Å². The van der Waals surface area contributed by atoms with Gasteiger partial charge >= 0.3 is 6.09 Å². The van der Waals surface area contributed by atoms with E-state index in [2.05, 4.69) is 10.4 Å². The molecule has 33 heavy (non-hydrogen) atoms. The minimum absolute atomic E-state index is 0.155. The smallest absolute Gasteiger partial charge is 0.410 e. The third-order valence-electron chi connectivity index (χ3n) is 5.39. The zero-order valence-corrected chi connectivity index (χ0v) is 19.7. The molecular weight excluding hydrogens is 424 g/mol. The lowest BCUT2D eigenvalue weighted by molar-refractivity contribution is 0.0290. The second-order valence-electron chi connectivity index (χ2n) is 9.35. The van der Waals surface area contributed by atoms with Crippen molar-refractivity contribution < 1.29 is 23.5 Å². The number of aryl methyl sites for hydroxylation is 2. The van der Waals surface area contributed by atoms with Crippen molar-refractivity contribution in [3.63, 3.8) is 0 Å². The average Bonchev–Trinajstić information content (AvgIpc) is 3.43. The summed E-state index contributed by atoms with van der Waals surface area (Å²) in [6, 6.07) is 7.16. The van der Waals surface area contributed by atoms with Crippen LogP contribution in [0.15, 0.2) is 34.9 Å². The lowest BCUT2D eigenvalue weighted by Crippen LogP contribution is -2.40. The highest BCUT2D eigenvalue weighted by atomic mass is 16.6. The number of nitrogens with zero attached hydrogens (tertiary/aromatic N) is 3. The molecule has 0 bridgehead atoms. The Labute approximate surface area is 192 Å². The average molecular weight is 455 g/mol. The predicted octanol–water partition coefficient (Wildman–Crippen LogP) is 3.79. The van der Waals surface area contributed by atoms with Gasteiger partial charge in [-0.1, -0.05) is 0 Å². The molecule has 1 N–H and O–H groups in total. The molecule has 1 fully saturated rings. The number of hydrogen-bond acceptors (Lipinski definition) is 6. The topological polar surface area (TPSA) is 98.8 Å². The molecule has 0 aliphatic carbocycles. The maximum absolute atomic E-state index is 13.1. The Morgan fingerprint density at radius 2 is 2.06 bits per heavy atom. The maximum Gasteiger partial charge on any atom is 0.410 e. The monoisotopic (exact) mass is 454 g/mol. The molecule has 2 aromatic heterocycles. The van der Waals surface area contributed by atoms with Gasteiger partial charge in [0.1, 0.15) is 29.3 Å². The Balaban J connectivity index is 1.44. The fourth-order valence-electron chi connectivity index (χ4n) is 3.90. The summed E-state index contributed by atoms with van der Waals surface area (Å²) < 4.78 is 18.8. The van der Waals surface area contributed by atoms with Crippen LogP contribution >= 0.6 is 0 Å². The molecule has 1 atom stereocenters. The van der Waals surface area contributed by atoms with E-state index in [1.54, 1.807) is 22.6 Å². The summed E-state index contributed by atoms with van der Waals surface area (Å²) in [6.45, 7) is 8.55. The van der Waals surface area contributed by atoms with Gasteiger partial charge in [-0.15, -0.1) is 0 Å². The first-order valence-corrected chi connectivity index (χ1v) is 11.0. The van der Waals surface area contributed by atoms with Crippen LogP contribution in [-0.4, -0.2) is 51.4 Å². The van der Waals surface area contributed by atoms with Gasteiger partial charge in [0, 0.05) is 37.8 Å². The minimum atomic E-state index is -0.554. The number of furan rings is 1. The van der Waals surface area contributed by atoms with Crippen molar-refractivity contribution in [3.05, 3.63) is 47.5 Å². The van der Waals surface area contributed by atoms with Crippen molar-refractivity contribution in [1.82, 2.24) is 20.0 Å². The van der Waals surface area contributed by atoms with Crippen LogP contribution in [-0.2, 0) is 18.4 Å². The molecule has 0 spiro atoms. The van der Waals surface area contributed by atoms with E-state index in [1.807, 2.05) is 52.2 Å². The Hall–Kier alpha value is -3.49. The van der Waals surface area contributed by atoms with Gasteiger partial charge in [0.05, 0.1) is 11.3 Å². The van der Waals surface area contributed by atoms with Gasteiger partial charge in [-0.3, -0.25) is 9.48 Å². The first kappa shape index (κ1) is 22.7. The fourth-order valence-corrected chi connectivity index (χ4v) is 3.90. The van der Waals surface area contributed by atoms with Crippen LogP contribution in [0.5, 0.6) is 5.75 Å². The van der Waals surface area contributed by atoms with Crippen molar-refractivity contribution in [3.8, 4) is 5.75 Å². The lowest BCUT2D eigenvalue weighted by atomic mass is 10.1. The van der Waals surface area contributed by atoms with Crippen molar-refractivity contribution in [2.75, 3.05) is 13.1 Å². The van der Waals surface area contributed by atoms with Gasteiger partial charge in [0.15, 0.2) is 0 Å². The molecule has 176 valence electrons. The Morgan fingerprint density at radius 3 is 2.76 bits per heavy atom. The molecule has 3 aromatic rings. The van der Waals surface area contributed by atoms with Gasteiger partial charge in [0.25, 0.3) is 5.91 Å². The fraction of sp³-hybridized carbons (Fsp3) is 0.458. The standard InChI is InChI=1S/C24H30N4O5/c1-15-21(22(29)25-16-9-11-28(13-16)23(30)33-24(2,3)4)19-12-18(6-7-20(19)32-15)31-14-17-8-10-27(5)26-17/h6-8,10,12,16H,9,11,13-14H2,1-5H3,(H,25,29). The molecule has 2 amide bonds. The molecular formula is C24H30N4O5. The number of amides is 2. The van der Waals surface area contributed by atoms with Crippen LogP contribution in [0.1, 0.15) is 49.0 Å². The number of likely N-dealkylation sites (tertiary alicyclic amines) is 1. The molecule has 3 heterocycles. The number of hydrogen-bond donors (Lipinski definition) is 1. The summed E-state index contributed by atoms with van der Waals surface area (Å²) >= 11 is 0. The first-order chi connectivity index (χ1) is 15.6. The summed E-state index contributed by atoms with van der Waals surface area (Å²) in [6.07, 6.45) is 2.16. The third kappa shape index (κ3) is 5.30.